The molecule has 0 heterocycles. The zero-order valence-corrected chi connectivity index (χ0v) is 18.7. The van der Waals surface area contributed by atoms with Gasteiger partial charge in [-0.15, -0.1) is 0 Å². The van der Waals surface area contributed by atoms with Crippen LogP contribution in [0.25, 0.3) is 11.1 Å². The fraction of sp³-hybridized carbons (Fsp3) is 0.357. The lowest BCUT2D eigenvalue weighted by Crippen LogP contribution is -2.10. The standard InChI is InChI=1S/C13H10.C13H20.C2H6/c1-3-7-12-10(5-1)9-11-6-2-4-8-13(11)12;1-10(2)11-6-8-12(9-7-11)13(3,4)5;1-2/h1-8H,9H2;6-10H,1-5H3;1-2H3. The summed E-state index contributed by atoms with van der Waals surface area (Å²) in [6.45, 7) is 15.2. The average molecular weight is 373 g/mol. The molecule has 148 valence electrons. The van der Waals surface area contributed by atoms with Crippen LogP contribution in [0.5, 0.6) is 0 Å². The summed E-state index contributed by atoms with van der Waals surface area (Å²) in [6, 6.07) is 26.3. The largest absolute Gasteiger partial charge is 0.0683 e. The highest BCUT2D eigenvalue weighted by molar-refractivity contribution is 5.76. The Morgan fingerprint density at radius 2 is 1.07 bits per heavy atom. The molecule has 0 aromatic heterocycles. The van der Waals surface area contributed by atoms with E-state index >= 15 is 0 Å². The van der Waals surface area contributed by atoms with Crippen molar-refractivity contribution in [1.29, 1.82) is 0 Å². The van der Waals surface area contributed by atoms with Crippen LogP contribution in [0.4, 0.5) is 0 Å². The Morgan fingerprint density at radius 3 is 1.46 bits per heavy atom. The Bertz CT molecular complexity index is 818. The van der Waals surface area contributed by atoms with Crippen molar-refractivity contribution in [3.8, 4) is 11.1 Å². The van der Waals surface area contributed by atoms with Gasteiger partial charge in [0.05, 0.1) is 0 Å². The van der Waals surface area contributed by atoms with Gasteiger partial charge in [0.2, 0.25) is 0 Å². The number of rotatable bonds is 1. The molecule has 1 aliphatic carbocycles. The predicted molar refractivity (Wildman–Crippen MR) is 125 cm³/mol. The van der Waals surface area contributed by atoms with Crippen molar-refractivity contribution in [3.05, 3.63) is 95.1 Å². The first-order chi connectivity index (χ1) is 13.4. The molecule has 3 aromatic rings. The van der Waals surface area contributed by atoms with Crippen LogP contribution in [-0.2, 0) is 11.8 Å². The van der Waals surface area contributed by atoms with Gasteiger partial charge in [0.1, 0.15) is 0 Å². The van der Waals surface area contributed by atoms with E-state index in [9.17, 15) is 0 Å². The molecule has 28 heavy (non-hydrogen) atoms. The van der Waals surface area contributed by atoms with Gasteiger partial charge in [0.15, 0.2) is 0 Å². The third kappa shape index (κ3) is 5.35. The topological polar surface area (TPSA) is 0 Å². The van der Waals surface area contributed by atoms with E-state index in [-0.39, 0.29) is 5.41 Å². The molecule has 0 nitrogen and oxygen atoms in total. The zero-order valence-electron chi connectivity index (χ0n) is 18.7. The Hall–Kier alpha value is -2.34. The molecule has 0 bridgehead atoms. The normalized spacial score (nSPS) is 11.6. The van der Waals surface area contributed by atoms with E-state index < -0.39 is 0 Å². The summed E-state index contributed by atoms with van der Waals surface area (Å²) < 4.78 is 0. The quantitative estimate of drug-likeness (QED) is 0.315. The van der Waals surface area contributed by atoms with Crippen molar-refractivity contribution in [2.75, 3.05) is 0 Å². The lowest BCUT2D eigenvalue weighted by Gasteiger charge is -2.19. The SMILES string of the molecule is CC.CC(C)c1ccc(C(C)(C)C)cc1.c1ccc2c(c1)Cc1ccccc1-2. The van der Waals surface area contributed by atoms with Gasteiger partial charge in [-0.1, -0.05) is 121 Å². The van der Waals surface area contributed by atoms with Crippen molar-refractivity contribution in [2.24, 2.45) is 0 Å². The highest BCUT2D eigenvalue weighted by atomic mass is 14.2. The third-order valence-corrected chi connectivity index (χ3v) is 5.15. The van der Waals surface area contributed by atoms with Crippen molar-refractivity contribution < 1.29 is 0 Å². The second-order valence-corrected chi connectivity index (χ2v) is 8.52. The van der Waals surface area contributed by atoms with Gasteiger partial charge in [-0.3, -0.25) is 0 Å². The molecular weight excluding hydrogens is 336 g/mol. The predicted octanol–water partition coefficient (Wildman–Crippen LogP) is 8.39. The molecule has 0 spiro atoms. The van der Waals surface area contributed by atoms with Gasteiger partial charge < -0.3 is 0 Å². The molecule has 1 aliphatic rings. The summed E-state index contributed by atoms with van der Waals surface area (Å²) in [4.78, 5) is 0. The molecule has 0 atom stereocenters. The Kier molecular flexibility index (Phi) is 7.63. The van der Waals surface area contributed by atoms with Crippen molar-refractivity contribution in [1.82, 2.24) is 0 Å². The minimum atomic E-state index is 0.273. The van der Waals surface area contributed by atoms with Crippen molar-refractivity contribution >= 4 is 0 Å². The van der Waals surface area contributed by atoms with Crippen LogP contribution < -0.4 is 0 Å². The molecule has 0 N–H and O–H groups in total. The monoisotopic (exact) mass is 372 g/mol. The highest BCUT2D eigenvalue weighted by Gasteiger charge is 2.16. The Labute approximate surface area is 172 Å². The molecule has 0 saturated carbocycles. The number of fused-ring (bicyclic) bond motifs is 3. The van der Waals surface area contributed by atoms with Crippen LogP contribution in [0.2, 0.25) is 0 Å². The summed E-state index contributed by atoms with van der Waals surface area (Å²) >= 11 is 0. The van der Waals surface area contributed by atoms with E-state index in [1.807, 2.05) is 13.8 Å². The molecule has 0 fully saturated rings. The highest BCUT2D eigenvalue weighted by Crippen LogP contribution is 2.35. The minimum Gasteiger partial charge on any atom is -0.0683 e. The summed E-state index contributed by atoms with van der Waals surface area (Å²) in [5.41, 5.74) is 8.86. The fourth-order valence-corrected chi connectivity index (χ4v) is 3.45. The van der Waals surface area contributed by atoms with Gasteiger partial charge >= 0.3 is 0 Å². The molecule has 0 radical (unpaired) electrons. The lowest BCUT2D eigenvalue weighted by molar-refractivity contribution is 0.589. The van der Waals surface area contributed by atoms with Crippen molar-refractivity contribution in [3.63, 3.8) is 0 Å². The Morgan fingerprint density at radius 1 is 0.643 bits per heavy atom. The second kappa shape index (κ2) is 9.73. The molecule has 4 rings (SSSR count). The molecule has 0 amide bonds. The maximum absolute atomic E-state index is 2.25. The van der Waals surface area contributed by atoms with Crippen LogP contribution in [0.15, 0.2) is 72.8 Å². The lowest BCUT2D eigenvalue weighted by atomic mass is 9.86. The van der Waals surface area contributed by atoms with Crippen LogP contribution in [-0.4, -0.2) is 0 Å². The first-order valence-electron chi connectivity index (χ1n) is 10.6. The van der Waals surface area contributed by atoms with Gasteiger partial charge in [-0.2, -0.15) is 0 Å². The van der Waals surface area contributed by atoms with Gasteiger partial charge in [-0.05, 0) is 51.1 Å². The van der Waals surface area contributed by atoms with E-state index in [0.29, 0.717) is 5.92 Å². The van der Waals surface area contributed by atoms with Crippen LogP contribution >= 0.6 is 0 Å². The minimum absolute atomic E-state index is 0.273. The van der Waals surface area contributed by atoms with Crippen LogP contribution in [0.1, 0.15) is 76.6 Å². The van der Waals surface area contributed by atoms with E-state index in [0.717, 1.165) is 6.42 Å². The zero-order chi connectivity index (χ0) is 20.7. The van der Waals surface area contributed by atoms with Crippen LogP contribution in [0, 0.1) is 0 Å². The van der Waals surface area contributed by atoms with Gasteiger partial charge in [-0.25, -0.2) is 0 Å². The summed E-state index contributed by atoms with van der Waals surface area (Å²) in [6.07, 6.45) is 1.10. The smallest absolute Gasteiger partial charge is 0.00135 e. The fourth-order valence-electron chi connectivity index (χ4n) is 3.45. The molecule has 3 aromatic carbocycles. The van der Waals surface area contributed by atoms with E-state index in [1.165, 1.54) is 33.4 Å². The summed E-state index contributed by atoms with van der Waals surface area (Å²) in [7, 11) is 0. The number of hydrogen-bond donors (Lipinski definition) is 0. The third-order valence-electron chi connectivity index (χ3n) is 5.15. The molecule has 0 aliphatic heterocycles. The number of hydrogen-bond acceptors (Lipinski definition) is 0. The molecule has 0 saturated heterocycles. The van der Waals surface area contributed by atoms with Gasteiger partial charge in [0.25, 0.3) is 0 Å². The molecule has 0 unspecified atom stereocenters. The van der Waals surface area contributed by atoms with Crippen molar-refractivity contribution in [2.45, 2.75) is 66.2 Å². The van der Waals surface area contributed by atoms with E-state index in [4.69, 9.17) is 0 Å². The maximum Gasteiger partial charge on any atom is -0.00135 e. The second-order valence-electron chi connectivity index (χ2n) is 8.52. The van der Waals surface area contributed by atoms with Gasteiger partial charge in [0, 0.05) is 0 Å². The van der Waals surface area contributed by atoms with E-state index in [2.05, 4.69) is 107 Å². The number of benzene rings is 3. The summed E-state index contributed by atoms with van der Waals surface area (Å²) in [5, 5.41) is 0. The Balaban J connectivity index is 0.000000184. The first kappa shape index (κ1) is 22.0. The van der Waals surface area contributed by atoms with Crippen LogP contribution in [0.3, 0.4) is 0 Å². The summed E-state index contributed by atoms with van der Waals surface area (Å²) in [5.74, 6) is 0.633. The molecular formula is C28H36. The molecule has 0 heteroatoms. The average Bonchev–Trinajstić information content (AvgIpc) is 3.08. The maximum atomic E-state index is 2.25. The van der Waals surface area contributed by atoms with E-state index in [1.54, 1.807) is 0 Å². The first-order valence-corrected chi connectivity index (χ1v) is 10.6.